The first-order valence-corrected chi connectivity index (χ1v) is 14.6. The SMILES string of the molecule is O=C(Nc1cccc(Cl)c1)Nc1cccc(-c2cccc3nc(Cc4ccc(CCCN5CCCC5)cc4)nn23)c1. The molecule has 0 radical (unpaired) electrons. The number of aromatic nitrogens is 3. The van der Waals surface area contributed by atoms with Gasteiger partial charge in [0.15, 0.2) is 11.5 Å². The van der Waals surface area contributed by atoms with Crippen LogP contribution in [0.1, 0.15) is 36.2 Å². The largest absolute Gasteiger partial charge is 0.323 e. The number of nitrogens with one attached hydrogen (secondary N) is 2. The molecule has 208 valence electrons. The van der Waals surface area contributed by atoms with Crippen LogP contribution in [0.3, 0.4) is 0 Å². The Morgan fingerprint density at radius 3 is 2.32 bits per heavy atom. The summed E-state index contributed by atoms with van der Waals surface area (Å²) in [6.45, 7) is 3.72. The van der Waals surface area contributed by atoms with E-state index in [1.165, 1.54) is 50.0 Å². The van der Waals surface area contributed by atoms with Gasteiger partial charge in [0.1, 0.15) is 0 Å². The van der Waals surface area contributed by atoms with Crippen molar-refractivity contribution in [3.05, 3.63) is 113 Å². The fourth-order valence-electron chi connectivity index (χ4n) is 5.38. The van der Waals surface area contributed by atoms with E-state index in [4.69, 9.17) is 21.7 Å². The molecule has 1 saturated heterocycles. The maximum Gasteiger partial charge on any atom is 0.323 e. The minimum atomic E-state index is -0.344. The van der Waals surface area contributed by atoms with E-state index in [9.17, 15) is 4.79 Å². The van der Waals surface area contributed by atoms with Crippen molar-refractivity contribution in [2.75, 3.05) is 30.3 Å². The summed E-state index contributed by atoms with van der Waals surface area (Å²) in [6.07, 6.45) is 5.69. The summed E-state index contributed by atoms with van der Waals surface area (Å²) in [5.74, 6) is 0.773. The monoisotopic (exact) mass is 564 g/mol. The molecule has 0 saturated carbocycles. The standard InChI is InChI=1S/C33H33ClN6O/c34-27-9-4-11-29(23-27)36-33(41)35-28-10-3-8-26(22-28)30-12-5-13-32-37-31(38-40(30)32)21-25-16-14-24(15-17-25)7-6-20-39-18-1-2-19-39/h3-5,8-17,22-23H,1-2,6-7,18-21H2,(H2,35,36,41). The van der Waals surface area contributed by atoms with Crippen molar-refractivity contribution in [1.82, 2.24) is 19.5 Å². The lowest BCUT2D eigenvalue weighted by Crippen LogP contribution is -2.20. The average molecular weight is 565 g/mol. The van der Waals surface area contributed by atoms with E-state index in [0.29, 0.717) is 22.8 Å². The van der Waals surface area contributed by atoms with E-state index in [2.05, 4.69) is 39.8 Å². The Balaban J connectivity index is 1.12. The number of pyridine rings is 1. The van der Waals surface area contributed by atoms with Crippen molar-refractivity contribution in [3.63, 3.8) is 0 Å². The van der Waals surface area contributed by atoms with E-state index in [-0.39, 0.29) is 6.03 Å². The second kappa shape index (κ2) is 12.5. The fraction of sp³-hybridized carbons (Fsp3) is 0.242. The summed E-state index contributed by atoms with van der Waals surface area (Å²) in [7, 11) is 0. The molecule has 5 aromatic rings. The zero-order valence-corrected chi connectivity index (χ0v) is 23.6. The van der Waals surface area contributed by atoms with Crippen LogP contribution in [-0.2, 0) is 12.8 Å². The van der Waals surface area contributed by atoms with Gasteiger partial charge in [-0.2, -0.15) is 5.10 Å². The summed E-state index contributed by atoms with van der Waals surface area (Å²) in [5.41, 5.74) is 6.47. The van der Waals surface area contributed by atoms with Gasteiger partial charge < -0.3 is 15.5 Å². The Hall–Kier alpha value is -4.20. The Morgan fingerprint density at radius 2 is 1.54 bits per heavy atom. The zero-order chi connectivity index (χ0) is 28.0. The molecule has 2 amide bonds. The minimum Gasteiger partial charge on any atom is -0.308 e. The molecule has 0 aliphatic carbocycles. The van der Waals surface area contributed by atoms with Crippen LogP contribution in [0.25, 0.3) is 16.9 Å². The highest BCUT2D eigenvalue weighted by atomic mass is 35.5. The van der Waals surface area contributed by atoms with Crippen LogP contribution in [0.4, 0.5) is 16.2 Å². The van der Waals surface area contributed by atoms with Crippen molar-refractivity contribution in [2.45, 2.75) is 32.1 Å². The van der Waals surface area contributed by atoms with Gasteiger partial charge >= 0.3 is 6.03 Å². The second-order valence-corrected chi connectivity index (χ2v) is 11.0. The van der Waals surface area contributed by atoms with Crippen LogP contribution < -0.4 is 10.6 Å². The number of hydrogen-bond donors (Lipinski definition) is 2. The van der Waals surface area contributed by atoms with E-state index in [0.717, 1.165) is 29.1 Å². The third-order valence-corrected chi connectivity index (χ3v) is 7.66. The van der Waals surface area contributed by atoms with Gasteiger partial charge in [0.2, 0.25) is 0 Å². The highest BCUT2D eigenvalue weighted by Gasteiger charge is 2.12. The molecule has 3 aromatic carbocycles. The zero-order valence-electron chi connectivity index (χ0n) is 22.9. The van der Waals surface area contributed by atoms with Gasteiger partial charge in [-0.3, -0.25) is 0 Å². The van der Waals surface area contributed by atoms with Crippen LogP contribution in [0.5, 0.6) is 0 Å². The molecule has 2 N–H and O–H groups in total. The Kier molecular flexibility index (Phi) is 8.26. The number of rotatable bonds is 9. The van der Waals surface area contributed by atoms with E-state index < -0.39 is 0 Å². The lowest BCUT2D eigenvalue weighted by atomic mass is 10.1. The topological polar surface area (TPSA) is 74.6 Å². The Morgan fingerprint density at radius 1 is 0.829 bits per heavy atom. The first-order valence-electron chi connectivity index (χ1n) is 14.2. The number of carbonyl (C=O) groups excluding carboxylic acids is 1. The molecule has 1 aliphatic rings. The molecule has 2 aromatic heterocycles. The van der Waals surface area contributed by atoms with Crippen LogP contribution in [0, 0.1) is 0 Å². The molecule has 1 fully saturated rings. The number of hydrogen-bond acceptors (Lipinski definition) is 4. The Labute approximate surface area is 245 Å². The molecule has 6 rings (SSSR count). The number of fused-ring (bicyclic) bond motifs is 1. The smallest absolute Gasteiger partial charge is 0.308 e. The number of urea groups is 1. The van der Waals surface area contributed by atoms with Gasteiger partial charge in [0, 0.05) is 28.4 Å². The first-order chi connectivity index (χ1) is 20.1. The van der Waals surface area contributed by atoms with Gasteiger partial charge in [0.05, 0.1) is 5.69 Å². The lowest BCUT2D eigenvalue weighted by molar-refractivity contribution is 0.262. The second-order valence-electron chi connectivity index (χ2n) is 10.5. The van der Waals surface area contributed by atoms with Gasteiger partial charge in [-0.25, -0.2) is 14.3 Å². The number of amides is 2. The molecule has 7 nitrogen and oxygen atoms in total. The number of nitrogens with zero attached hydrogens (tertiary/aromatic N) is 4. The molecule has 0 unspecified atom stereocenters. The third-order valence-electron chi connectivity index (χ3n) is 7.43. The normalized spacial score (nSPS) is 13.5. The Bertz CT molecular complexity index is 1640. The van der Waals surface area contributed by atoms with Crippen molar-refractivity contribution < 1.29 is 4.79 Å². The van der Waals surface area contributed by atoms with Gasteiger partial charge in [-0.05, 0) is 98.9 Å². The number of carbonyl (C=O) groups is 1. The lowest BCUT2D eigenvalue weighted by Gasteiger charge is -2.13. The quantitative estimate of drug-likeness (QED) is 0.197. The third kappa shape index (κ3) is 6.93. The number of halogens is 1. The van der Waals surface area contributed by atoms with Crippen molar-refractivity contribution in [1.29, 1.82) is 0 Å². The maximum atomic E-state index is 12.6. The predicted molar refractivity (Wildman–Crippen MR) is 166 cm³/mol. The van der Waals surface area contributed by atoms with Crippen LogP contribution in [-0.4, -0.2) is 45.2 Å². The highest BCUT2D eigenvalue weighted by molar-refractivity contribution is 6.30. The number of benzene rings is 3. The van der Waals surface area contributed by atoms with Gasteiger partial charge in [-0.15, -0.1) is 0 Å². The molecule has 0 spiro atoms. The number of aryl methyl sites for hydroxylation is 1. The van der Waals surface area contributed by atoms with E-state index >= 15 is 0 Å². The number of anilines is 2. The van der Waals surface area contributed by atoms with Crippen LogP contribution in [0.2, 0.25) is 5.02 Å². The summed E-state index contributed by atoms with van der Waals surface area (Å²) < 4.78 is 1.87. The molecule has 0 bridgehead atoms. The predicted octanol–water partition coefficient (Wildman–Crippen LogP) is 7.31. The van der Waals surface area contributed by atoms with Crippen molar-refractivity contribution >= 4 is 34.7 Å². The van der Waals surface area contributed by atoms with Crippen molar-refractivity contribution in [2.24, 2.45) is 0 Å². The molecule has 0 atom stereocenters. The van der Waals surface area contributed by atoms with Gasteiger partial charge in [-0.1, -0.05) is 60.1 Å². The molecule has 3 heterocycles. The fourth-order valence-corrected chi connectivity index (χ4v) is 5.57. The average Bonchev–Trinajstić information content (AvgIpc) is 3.64. The molecular weight excluding hydrogens is 532 g/mol. The van der Waals surface area contributed by atoms with Gasteiger partial charge in [0.25, 0.3) is 0 Å². The molecular formula is C33H33ClN6O. The first kappa shape index (κ1) is 27.0. The molecule has 41 heavy (non-hydrogen) atoms. The summed E-state index contributed by atoms with van der Waals surface area (Å²) in [5, 5.41) is 11.1. The minimum absolute atomic E-state index is 0.344. The van der Waals surface area contributed by atoms with Crippen molar-refractivity contribution in [3.8, 4) is 11.3 Å². The maximum absolute atomic E-state index is 12.6. The molecule has 8 heteroatoms. The van der Waals surface area contributed by atoms with Crippen LogP contribution >= 0.6 is 11.6 Å². The van der Waals surface area contributed by atoms with Crippen LogP contribution in [0.15, 0.2) is 91.0 Å². The summed E-state index contributed by atoms with van der Waals surface area (Å²) in [6, 6.07) is 29.2. The summed E-state index contributed by atoms with van der Waals surface area (Å²) >= 11 is 6.03. The highest BCUT2D eigenvalue weighted by Crippen LogP contribution is 2.24. The number of likely N-dealkylation sites (tertiary alicyclic amines) is 1. The summed E-state index contributed by atoms with van der Waals surface area (Å²) in [4.78, 5) is 19.9. The van der Waals surface area contributed by atoms with E-state index in [1.807, 2.05) is 47.0 Å². The molecule has 1 aliphatic heterocycles. The van der Waals surface area contributed by atoms with E-state index in [1.54, 1.807) is 24.3 Å².